The van der Waals surface area contributed by atoms with Gasteiger partial charge in [0.25, 0.3) is 0 Å². The number of azide groups is 1. The predicted octanol–water partition coefficient (Wildman–Crippen LogP) is 5.03. The molecule has 0 bridgehead atoms. The van der Waals surface area contributed by atoms with Crippen molar-refractivity contribution in [1.29, 1.82) is 0 Å². The minimum absolute atomic E-state index is 0.0698. The Morgan fingerprint density at radius 2 is 2.14 bits per heavy atom. The molecular weight excluding hydrogens is 318 g/mol. The van der Waals surface area contributed by atoms with Crippen molar-refractivity contribution in [1.82, 2.24) is 9.97 Å². The Labute approximate surface area is 138 Å². The zero-order valence-electron chi connectivity index (χ0n) is 14.2. The molecule has 0 spiro atoms. The molecule has 0 unspecified atom stereocenters. The summed E-state index contributed by atoms with van der Waals surface area (Å²) < 4.78 is 6.52. The number of halogens is 1. The van der Waals surface area contributed by atoms with Gasteiger partial charge in [-0.3, -0.25) is 0 Å². The van der Waals surface area contributed by atoms with E-state index in [2.05, 4.69) is 60.8 Å². The number of nitrogens with one attached hydrogen (secondary N) is 1. The number of H-pyrrole nitrogens is 1. The highest BCUT2D eigenvalue weighted by molar-refractivity contribution is 6.74. The molecular formula is C14H26ClN5OSi. The van der Waals surface area contributed by atoms with Gasteiger partial charge >= 0.3 is 0 Å². The maximum absolute atomic E-state index is 8.51. The van der Waals surface area contributed by atoms with Gasteiger partial charge in [0, 0.05) is 11.5 Å². The zero-order chi connectivity index (χ0) is 17.0. The van der Waals surface area contributed by atoms with Gasteiger partial charge in [-0.2, -0.15) is 0 Å². The second kappa shape index (κ2) is 7.50. The van der Waals surface area contributed by atoms with Gasteiger partial charge in [0.15, 0.2) is 8.32 Å². The average Bonchev–Trinajstić information content (AvgIpc) is 2.95. The first-order chi connectivity index (χ1) is 10.1. The first-order valence-corrected chi connectivity index (χ1v) is 10.8. The van der Waals surface area contributed by atoms with Crippen LogP contribution in [0.15, 0.2) is 17.6 Å². The van der Waals surface area contributed by atoms with E-state index in [1.807, 2.05) is 0 Å². The van der Waals surface area contributed by atoms with Crippen molar-refractivity contribution in [2.24, 2.45) is 11.0 Å². The van der Waals surface area contributed by atoms with Crippen LogP contribution in [0.3, 0.4) is 0 Å². The predicted molar refractivity (Wildman–Crippen MR) is 92.4 cm³/mol. The molecule has 6 nitrogen and oxygen atoms in total. The number of imidazole rings is 1. The van der Waals surface area contributed by atoms with Crippen LogP contribution >= 0.6 is 11.6 Å². The second-order valence-corrected chi connectivity index (χ2v) is 12.0. The van der Waals surface area contributed by atoms with Crippen LogP contribution < -0.4 is 0 Å². The summed E-state index contributed by atoms with van der Waals surface area (Å²) in [6.45, 7) is 13.5. The molecule has 0 saturated carbocycles. The average molecular weight is 344 g/mol. The molecule has 124 valence electrons. The van der Waals surface area contributed by atoms with E-state index in [4.69, 9.17) is 21.6 Å². The Kier molecular flexibility index (Phi) is 6.49. The third-order valence-electron chi connectivity index (χ3n) is 4.89. The van der Waals surface area contributed by atoms with Gasteiger partial charge in [-0.1, -0.05) is 32.8 Å². The monoisotopic (exact) mass is 343 g/mol. The Morgan fingerprint density at radius 1 is 1.50 bits per heavy atom. The number of nitrogens with zero attached hydrogens (tertiary/aromatic N) is 4. The van der Waals surface area contributed by atoms with E-state index >= 15 is 0 Å². The summed E-state index contributed by atoms with van der Waals surface area (Å²) in [6, 6.07) is 0. The maximum Gasteiger partial charge on any atom is 0.193 e. The second-order valence-electron chi connectivity index (χ2n) is 6.86. The Bertz CT molecular complexity index is 511. The molecule has 0 aromatic carbocycles. The molecule has 0 amide bonds. The van der Waals surface area contributed by atoms with Crippen molar-refractivity contribution in [3.05, 3.63) is 28.7 Å². The van der Waals surface area contributed by atoms with E-state index in [-0.39, 0.29) is 17.7 Å². The first kappa shape index (κ1) is 19.0. The SMILES string of the molecule is CC(C)C(C)(C)[Si](C)(C)O[C@@H](c1cnc[nH]1)[C@@H](Cl)CN=[N+]=[N-]. The van der Waals surface area contributed by atoms with Crippen molar-refractivity contribution >= 4 is 19.9 Å². The van der Waals surface area contributed by atoms with Crippen molar-refractivity contribution in [2.75, 3.05) is 6.54 Å². The van der Waals surface area contributed by atoms with Gasteiger partial charge in [0.05, 0.1) is 23.6 Å². The minimum atomic E-state index is -2.08. The lowest BCUT2D eigenvalue weighted by Gasteiger charge is -2.44. The van der Waals surface area contributed by atoms with Gasteiger partial charge < -0.3 is 9.41 Å². The molecule has 0 aliphatic carbocycles. The lowest BCUT2D eigenvalue weighted by atomic mass is 9.99. The standard InChI is InChI=1S/C14H26ClN5OSi/c1-10(2)14(3,4)22(5,6)21-13(11(15)7-19-20-16)12-8-17-9-18-12/h8-11,13H,7H2,1-6H3,(H,17,18)/t11-,13+/m0/s1. The van der Waals surface area contributed by atoms with Crippen LogP contribution in [-0.2, 0) is 4.43 Å². The van der Waals surface area contributed by atoms with Gasteiger partial charge in [0.2, 0.25) is 0 Å². The number of alkyl halides is 1. The summed E-state index contributed by atoms with van der Waals surface area (Å²) in [4.78, 5) is 9.90. The summed E-state index contributed by atoms with van der Waals surface area (Å²) in [6.07, 6.45) is 2.95. The van der Waals surface area contributed by atoms with Crippen LogP contribution in [0.1, 0.15) is 39.5 Å². The smallest absolute Gasteiger partial charge is 0.193 e. The van der Waals surface area contributed by atoms with Gasteiger partial charge in [-0.05, 0) is 29.6 Å². The molecule has 2 atom stereocenters. The largest absolute Gasteiger partial charge is 0.407 e. The zero-order valence-corrected chi connectivity index (χ0v) is 15.9. The number of aromatic nitrogens is 2. The fourth-order valence-corrected chi connectivity index (χ4v) is 5.08. The molecule has 0 fully saturated rings. The Balaban J connectivity index is 3.05. The normalized spacial score (nSPS) is 15.5. The summed E-state index contributed by atoms with van der Waals surface area (Å²) in [5.41, 5.74) is 9.32. The van der Waals surface area contributed by atoms with Crippen LogP contribution in [-0.4, -0.2) is 30.2 Å². The number of rotatable bonds is 8. The maximum atomic E-state index is 8.51. The fourth-order valence-electron chi connectivity index (χ4n) is 2.13. The van der Waals surface area contributed by atoms with Crippen molar-refractivity contribution in [2.45, 2.75) is 57.3 Å². The van der Waals surface area contributed by atoms with E-state index in [1.54, 1.807) is 12.5 Å². The molecule has 22 heavy (non-hydrogen) atoms. The number of hydrogen-bond acceptors (Lipinski definition) is 3. The van der Waals surface area contributed by atoms with Crippen LogP contribution in [0.4, 0.5) is 0 Å². The molecule has 1 rings (SSSR count). The van der Waals surface area contributed by atoms with Gasteiger partial charge in [-0.25, -0.2) is 4.98 Å². The van der Waals surface area contributed by atoms with Crippen molar-refractivity contribution in [3.8, 4) is 0 Å². The number of aromatic amines is 1. The summed E-state index contributed by atoms with van der Waals surface area (Å²) in [5.74, 6) is 0.488. The molecule has 8 heteroatoms. The van der Waals surface area contributed by atoms with Gasteiger partial charge in [-0.15, -0.1) is 11.6 Å². The van der Waals surface area contributed by atoms with E-state index in [0.717, 1.165) is 5.69 Å². The van der Waals surface area contributed by atoms with E-state index in [1.165, 1.54) is 0 Å². The minimum Gasteiger partial charge on any atom is -0.407 e. The van der Waals surface area contributed by atoms with Crippen LogP contribution in [0, 0.1) is 5.92 Å². The quantitative estimate of drug-likeness (QED) is 0.236. The molecule has 1 aromatic rings. The molecule has 0 saturated heterocycles. The molecule has 1 heterocycles. The molecule has 1 aromatic heterocycles. The highest BCUT2D eigenvalue weighted by Gasteiger charge is 2.45. The third kappa shape index (κ3) is 4.26. The van der Waals surface area contributed by atoms with E-state index < -0.39 is 13.7 Å². The highest BCUT2D eigenvalue weighted by atomic mass is 35.5. The molecule has 1 N–H and O–H groups in total. The molecule has 0 aliphatic heterocycles. The fraction of sp³-hybridized carbons (Fsp3) is 0.786. The third-order valence-corrected chi connectivity index (χ3v) is 9.78. The van der Waals surface area contributed by atoms with E-state index in [9.17, 15) is 0 Å². The molecule has 0 aliphatic rings. The van der Waals surface area contributed by atoms with E-state index in [0.29, 0.717) is 5.92 Å². The van der Waals surface area contributed by atoms with Crippen LogP contribution in [0.2, 0.25) is 18.1 Å². The summed E-state index contributed by atoms with van der Waals surface area (Å²) >= 11 is 6.44. The van der Waals surface area contributed by atoms with Crippen molar-refractivity contribution < 1.29 is 4.43 Å². The van der Waals surface area contributed by atoms with Gasteiger partial charge in [0.1, 0.15) is 6.10 Å². The lowest BCUT2D eigenvalue weighted by Crippen LogP contribution is -2.47. The highest BCUT2D eigenvalue weighted by Crippen LogP contribution is 2.47. The first-order valence-electron chi connectivity index (χ1n) is 7.44. The van der Waals surface area contributed by atoms with Crippen molar-refractivity contribution in [3.63, 3.8) is 0 Å². The van der Waals surface area contributed by atoms with Crippen LogP contribution in [0.25, 0.3) is 10.4 Å². The van der Waals surface area contributed by atoms with Crippen LogP contribution in [0.5, 0.6) is 0 Å². The summed E-state index contributed by atoms with van der Waals surface area (Å²) in [5, 5.41) is 3.21. The summed E-state index contributed by atoms with van der Waals surface area (Å²) in [7, 11) is -2.08. The Morgan fingerprint density at radius 3 is 2.59 bits per heavy atom. The Hall–Kier alpha value is -1.01. The lowest BCUT2D eigenvalue weighted by molar-refractivity contribution is 0.167. The number of hydrogen-bond donors (Lipinski definition) is 1. The topological polar surface area (TPSA) is 86.7 Å². The molecule has 0 radical (unpaired) electrons.